The predicted octanol–water partition coefficient (Wildman–Crippen LogP) is 1.33. The van der Waals surface area contributed by atoms with Crippen LogP contribution in [0.2, 0.25) is 0 Å². The van der Waals surface area contributed by atoms with E-state index in [4.69, 9.17) is 4.74 Å². The highest BCUT2D eigenvalue weighted by molar-refractivity contribution is 6.99. The fourth-order valence-electron chi connectivity index (χ4n) is 3.62. The van der Waals surface area contributed by atoms with Crippen molar-refractivity contribution in [3.8, 4) is 0 Å². The van der Waals surface area contributed by atoms with Crippen LogP contribution in [0.1, 0.15) is 42.4 Å². The summed E-state index contributed by atoms with van der Waals surface area (Å²) in [5.41, 5.74) is 1.10. The molecule has 8 heteroatoms. The molecule has 1 saturated carbocycles. The summed E-state index contributed by atoms with van der Waals surface area (Å²) in [5, 5.41) is 0. The van der Waals surface area contributed by atoms with Crippen molar-refractivity contribution in [1.82, 2.24) is 18.5 Å². The van der Waals surface area contributed by atoms with Gasteiger partial charge >= 0.3 is 0 Å². The van der Waals surface area contributed by atoms with E-state index < -0.39 is 0 Å². The smallest absolute Gasteiger partial charge is 0.275 e. The number of ether oxygens (including phenoxy) is 1. The SMILES string of the molecule is CCN(C)C(=O)[C@H]1CC[C@H]2OCCN(C(=O)c3nsnc3C)[C@@H]2C1. The zero-order valence-corrected chi connectivity index (χ0v) is 15.2. The maximum absolute atomic E-state index is 12.9. The predicted molar refractivity (Wildman–Crippen MR) is 89.9 cm³/mol. The van der Waals surface area contributed by atoms with E-state index in [0.717, 1.165) is 24.6 Å². The Morgan fingerprint density at radius 1 is 1.38 bits per heavy atom. The van der Waals surface area contributed by atoms with Crippen LogP contribution < -0.4 is 0 Å². The summed E-state index contributed by atoms with van der Waals surface area (Å²) in [6, 6.07) is -0.0553. The van der Waals surface area contributed by atoms with Gasteiger partial charge in [-0.2, -0.15) is 8.75 Å². The van der Waals surface area contributed by atoms with Crippen molar-refractivity contribution >= 4 is 23.5 Å². The molecule has 2 fully saturated rings. The lowest BCUT2D eigenvalue weighted by molar-refractivity contribution is -0.140. The number of aromatic nitrogens is 2. The van der Waals surface area contributed by atoms with Crippen LogP contribution in [0.3, 0.4) is 0 Å². The summed E-state index contributed by atoms with van der Waals surface area (Å²) in [6.07, 6.45) is 2.32. The maximum Gasteiger partial charge on any atom is 0.275 e. The van der Waals surface area contributed by atoms with E-state index in [0.29, 0.717) is 37.5 Å². The van der Waals surface area contributed by atoms with Crippen molar-refractivity contribution in [2.24, 2.45) is 5.92 Å². The van der Waals surface area contributed by atoms with Crippen molar-refractivity contribution < 1.29 is 14.3 Å². The third-order valence-electron chi connectivity index (χ3n) is 5.14. The Morgan fingerprint density at radius 2 is 2.17 bits per heavy atom. The van der Waals surface area contributed by atoms with E-state index >= 15 is 0 Å². The van der Waals surface area contributed by atoms with Gasteiger partial charge in [0.1, 0.15) is 0 Å². The van der Waals surface area contributed by atoms with Crippen molar-refractivity contribution in [3.05, 3.63) is 11.4 Å². The molecule has 7 nitrogen and oxygen atoms in total. The van der Waals surface area contributed by atoms with Crippen molar-refractivity contribution in [2.45, 2.75) is 45.3 Å². The quantitative estimate of drug-likeness (QED) is 0.820. The van der Waals surface area contributed by atoms with E-state index in [1.54, 1.807) is 11.8 Å². The van der Waals surface area contributed by atoms with Gasteiger partial charge in [0.2, 0.25) is 5.91 Å². The van der Waals surface area contributed by atoms with Crippen LogP contribution in [0.4, 0.5) is 0 Å². The zero-order valence-electron chi connectivity index (χ0n) is 14.4. The second-order valence-electron chi connectivity index (χ2n) is 6.54. The van der Waals surface area contributed by atoms with Crippen molar-refractivity contribution in [1.29, 1.82) is 0 Å². The van der Waals surface area contributed by atoms with E-state index in [9.17, 15) is 9.59 Å². The summed E-state index contributed by atoms with van der Waals surface area (Å²) in [6.45, 7) is 5.56. The molecule has 2 heterocycles. The summed E-state index contributed by atoms with van der Waals surface area (Å²) in [4.78, 5) is 29.0. The second-order valence-corrected chi connectivity index (χ2v) is 7.06. The number of aryl methyl sites for hydroxylation is 1. The Morgan fingerprint density at radius 3 is 2.83 bits per heavy atom. The van der Waals surface area contributed by atoms with Crippen LogP contribution in [0.5, 0.6) is 0 Å². The van der Waals surface area contributed by atoms with Crippen LogP contribution >= 0.6 is 11.7 Å². The molecule has 0 radical (unpaired) electrons. The molecule has 1 aliphatic carbocycles. The van der Waals surface area contributed by atoms with Gasteiger partial charge in [0, 0.05) is 26.1 Å². The molecule has 1 aliphatic heterocycles. The van der Waals surface area contributed by atoms with Gasteiger partial charge in [0.25, 0.3) is 5.91 Å². The largest absolute Gasteiger partial charge is 0.374 e. The first-order valence-electron chi connectivity index (χ1n) is 8.49. The first kappa shape index (κ1) is 17.3. The molecule has 3 rings (SSSR count). The maximum atomic E-state index is 12.9. The average Bonchev–Trinajstić information content (AvgIpc) is 3.04. The lowest BCUT2D eigenvalue weighted by Gasteiger charge is -2.45. The molecule has 2 aliphatic rings. The molecule has 0 aromatic carbocycles. The third-order valence-corrected chi connectivity index (χ3v) is 5.75. The van der Waals surface area contributed by atoms with E-state index in [2.05, 4.69) is 8.75 Å². The lowest BCUT2D eigenvalue weighted by atomic mass is 9.81. The molecule has 0 unspecified atom stereocenters. The average molecular weight is 352 g/mol. The number of carbonyl (C=O) groups is 2. The summed E-state index contributed by atoms with van der Waals surface area (Å²) >= 11 is 1.06. The summed E-state index contributed by atoms with van der Waals surface area (Å²) in [5.74, 6) is 0.0415. The Balaban J connectivity index is 1.77. The zero-order chi connectivity index (χ0) is 17.3. The number of hydrogen-bond acceptors (Lipinski definition) is 6. The number of carbonyl (C=O) groups excluding carboxylic acids is 2. The third kappa shape index (κ3) is 3.17. The standard InChI is InChI=1S/C16H24N4O3S/c1-4-19(3)15(21)11-5-6-13-12(9-11)20(7-8-23-13)16(22)14-10(2)17-24-18-14/h11-13H,4-9H2,1-3H3/t11-,12+,13+/m0/s1. The molecule has 1 saturated heterocycles. The van der Waals surface area contributed by atoms with Crippen LogP contribution in [0, 0.1) is 12.8 Å². The number of nitrogens with zero attached hydrogens (tertiary/aromatic N) is 4. The number of fused-ring (bicyclic) bond motifs is 1. The minimum Gasteiger partial charge on any atom is -0.374 e. The summed E-state index contributed by atoms with van der Waals surface area (Å²) in [7, 11) is 1.83. The number of morpholine rings is 1. The minimum absolute atomic E-state index is 0.0191. The molecule has 0 spiro atoms. The van der Waals surface area contributed by atoms with Gasteiger partial charge < -0.3 is 14.5 Å². The van der Waals surface area contributed by atoms with Gasteiger partial charge in [-0.25, -0.2) is 0 Å². The molecule has 2 amide bonds. The number of hydrogen-bond donors (Lipinski definition) is 0. The van der Waals surface area contributed by atoms with Gasteiger partial charge in [-0.15, -0.1) is 0 Å². The summed E-state index contributed by atoms with van der Waals surface area (Å²) < 4.78 is 14.1. The van der Waals surface area contributed by atoms with Gasteiger partial charge in [-0.05, 0) is 33.1 Å². The Kier molecular flexibility index (Phi) is 5.15. The Labute approximate surface area is 146 Å². The fraction of sp³-hybridized carbons (Fsp3) is 0.750. The molecule has 3 atom stereocenters. The van der Waals surface area contributed by atoms with Gasteiger partial charge in [-0.3, -0.25) is 9.59 Å². The normalized spacial score (nSPS) is 26.8. The molecular weight excluding hydrogens is 328 g/mol. The Bertz CT molecular complexity index is 620. The number of amides is 2. The lowest BCUT2D eigenvalue weighted by Crippen LogP contribution is -2.57. The molecule has 132 valence electrons. The van der Waals surface area contributed by atoms with Crippen LogP contribution in [0.15, 0.2) is 0 Å². The highest BCUT2D eigenvalue weighted by Gasteiger charge is 2.43. The highest BCUT2D eigenvalue weighted by Crippen LogP contribution is 2.34. The van der Waals surface area contributed by atoms with Gasteiger partial charge in [0.15, 0.2) is 5.69 Å². The molecule has 0 N–H and O–H groups in total. The van der Waals surface area contributed by atoms with Crippen LogP contribution in [0.25, 0.3) is 0 Å². The molecular formula is C16H24N4O3S. The monoisotopic (exact) mass is 352 g/mol. The van der Waals surface area contributed by atoms with Crippen LogP contribution in [-0.4, -0.2) is 69.3 Å². The van der Waals surface area contributed by atoms with E-state index in [1.165, 1.54) is 0 Å². The van der Waals surface area contributed by atoms with E-state index in [-0.39, 0.29) is 29.9 Å². The molecule has 1 aromatic rings. The fourth-order valence-corrected chi connectivity index (χ4v) is 4.16. The highest BCUT2D eigenvalue weighted by atomic mass is 32.1. The van der Waals surface area contributed by atoms with Crippen molar-refractivity contribution in [2.75, 3.05) is 26.7 Å². The van der Waals surface area contributed by atoms with Crippen LogP contribution in [-0.2, 0) is 9.53 Å². The first-order valence-corrected chi connectivity index (χ1v) is 9.22. The first-order chi connectivity index (χ1) is 11.5. The second kappa shape index (κ2) is 7.14. The minimum atomic E-state index is -0.0866. The van der Waals surface area contributed by atoms with Crippen molar-refractivity contribution in [3.63, 3.8) is 0 Å². The van der Waals surface area contributed by atoms with Gasteiger partial charge in [-0.1, -0.05) is 0 Å². The van der Waals surface area contributed by atoms with Gasteiger partial charge in [0.05, 0.1) is 36.2 Å². The Hall–Kier alpha value is -1.54. The van der Waals surface area contributed by atoms with E-state index in [1.807, 2.05) is 18.9 Å². The number of rotatable bonds is 3. The molecule has 24 heavy (non-hydrogen) atoms. The topological polar surface area (TPSA) is 75.6 Å². The molecule has 0 bridgehead atoms. The molecule has 1 aromatic heterocycles.